The van der Waals surface area contributed by atoms with E-state index in [-0.39, 0.29) is 40.8 Å². The van der Waals surface area contributed by atoms with Crippen LogP contribution in [0.1, 0.15) is 18.1 Å². The van der Waals surface area contributed by atoms with Gasteiger partial charge in [-0.2, -0.15) is 4.31 Å². The molecule has 0 radical (unpaired) electrons. The molecule has 3 aromatic carbocycles. The number of piperidine rings is 1. The molecule has 0 aliphatic carbocycles. The molecule has 0 saturated carbocycles. The number of methoxy groups -OCH3 is 4. The molecule has 42 heavy (non-hydrogen) atoms. The SMILES string of the molecule is COc1cc(C=C2CN(S(=O)(=O)c3ccc(NC(C)=O)cc3)CC(=Cc3cc(OC)cc(OC)c3)C2=O)cc(OC)c1. The summed E-state index contributed by atoms with van der Waals surface area (Å²) in [5.74, 6) is 1.51. The molecule has 11 heteroatoms. The van der Waals surface area contributed by atoms with Gasteiger partial charge in [0.05, 0.1) is 33.3 Å². The van der Waals surface area contributed by atoms with Gasteiger partial charge in [0.2, 0.25) is 15.9 Å². The molecular weight excluding hydrogens is 560 g/mol. The summed E-state index contributed by atoms with van der Waals surface area (Å²) >= 11 is 0. The number of carbonyl (C=O) groups excluding carboxylic acids is 2. The van der Waals surface area contributed by atoms with Crippen molar-refractivity contribution in [2.24, 2.45) is 0 Å². The Bertz CT molecular complexity index is 1540. The molecule has 1 saturated heterocycles. The third kappa shape index (κ3) is 6.99. The molecule has 0 spiro atoms. The van der Waals surface area contributed by atoms with E-state index in [1.165, 1.54) is 63.9 Å². The van der Waals surface area contributed by atoms with Crippen LogP contribution >= 0.6 is 0 Å². The van der Waals surface area contributed by atoms with Crippen LogP contribution in [0.4, 0.5) is 5.69 Å². The van der Waals surface area contributed by atoms with Gasteiger partial charge < -0.3 is 24.3 Å². The molecule has 1 fully saturated rings. The lowest BCUT2D eigenvalue weighted by molar-refractivity contribution is -0.114. The first-order chi connectivity index (χ1) is 20.1. The molecule has 0 unspecified atom stereocenters. The number of amides is 1. The van der Waals surface area contributed by atoms with Gasteiger partial charge in [-0.05, 0) is 71.8 Å². The zero-order valence-corrected chi connectivity index (χ0v) is 24.8. The highest BCUT2D eigenvalue weighted by Crippen LogP contribution is 2.31. The Kier molecular flexibility index (Phi) is 9.34. The van der Waals surface area contributed by atoms with Crippen LogP contribution < -0.4 is 24.3 Å². The smallest absolute Gasteiger partial charge is 0.243 e. The largest absolute Gasteiger partial charge is 0.497 e. The molecule has 10 nitrogen and oxygen atoms in total. The van der Waals surface area contributed by atoms with Crippen LogP contribution in [-0.4, -0.2) is 65.9 Å². The van der Waals surface area contributed by atoms with E-state index in [9.17, 15) is 18.0 Å². The van der Waals surface area contributed by atoms with E-state index < -0.39 is 10.0 Å². The van der Waals surface area contributed by atoms with E-state index in [2.05, 4.69) is 5.32 Å². The Morgan fingerprint density at radius 3 is 1.50 bits per heavy atom. The lowest BCUT2D eigenvalue weighted by Gasteiger charge is -2.29. The summed E-state index contributed by atoms with van der Waals surface area (Å²) in [4.78, 5) is 25.2. The summed E-state index contributed by atoms with van der Waals surface area (Å²) in [6, 6.07) is 16.2. The fraction of sp³-hybridized carbons (Fsp3) is 0.226. The van der Waals surface area contributed by atoms with Crippen LogP contribution in [0.2, 0.25) is 0 Å². The van der Waals surface area contributed by atoms with Gasteiger partial charge in [0.25, 0.3) is 0 Å². The number of anilines is 1. The summed E-state index contributed by atoms with van der Waals surface area (Å²) in [6.45, 7) is 1.05. The molecule has 3 aromatic rings. The number of ether oxygens (including phenoxy) is 4. The van der Waals surface area contributed by atoms with Gasteiger partial charge in [0.15, 0.2) is 5.78 Å². The quantitative estimate of drug-likeness (QED) is 0.363. The van der Waals surface area contributed by atoms with Crippen LogP contribution in [0.25, 0.3) is 12.2 Å². The van der Waals surface area contributed by atoms with E-state index in [0.29, 0.717) is 39.8 Å². The molecule has 0 atom stereocenters. The number of rotatable bonds is 9. The second-order valence-corrected chi connectivity index (χ2v) is 11.4. The highest BCUT2D eigenvalue weighted by molar-refractivity contribution is 7.89. The normalized spacial score (nSPS) is 15.9. The minimum Gasteiger partial charge on any atom is -0.497 e. The molecule has 0 bridgehead atoms. The van der Waals surface area contributed by atoms with Gasteiger partial charge >= 0.3 is 0 Å². The number of benzene rings is 3. The summed E-state index contributed by atoms with van der Waals surface area (Å²) in [5, 5.41) is 2.62. The van der Waals surface area contributed by atoms with E-state index in [1.54, 1.807) is 48.6 Å². The average Bonchev–Trinajstić information content (AvgIpc) is 2.98. The van der Waals surface area contributed by atoms with Gasteiger partial charge in [0.1, 0.15) is 23.0 Å². The van der Waals surface area contributed by atoms with Gasteiger partial charge in [-0.3, -0.25) is 9.59 Å². The van der Waals surface area contributed by atoms with Gasteiger partial charge in [-0.15, -0.1) is 0 Å². The summed E-state index contributed by atoms with van der Waals surface area (Å²) in [6.07, 6.45) is 3.27. The van der Waals surface area contributed by atoms with Crippen molar-refractivity contribution >= 4 is 39.6 Å². The number of nitrogens with one attached hydrogen (secondary N) is 1. The van der Waals surface area contributed by atoms with Crippen LogP contribution in [0, 0.1) is 0 Å². The van der Waals surface area contributed by atoms with Crippen molar-refractivity contribution in [1.82, 2.24) is 4.31 Å². The second kappa shape index (κ2) is 12.9. The summed E-state index contributed by atoms with van der Waals surface area (Å²) in [5.41, 5.74) is 2.20. The first-order valence-electron chi connectivity index (χ1n) is 12.9. The summed E-state index contributed by atoms with van der Waals surface area (Å²) in [7, 11) is 2.04. The van der Waals surface area contributed by atoms with Crippen molar-refractivity contribution in [3.63, 3.8) is 0 Å². The fourth-order valence-electron chi connectivity index (χ4n) is 4.47. The maximum absolute atomic E-state index is 13.8. The molecule has 220 valence electrons. The van der Waals surface area contributed by atoms with Crippen molar-refractivity contribution < 1.29 is 37.0 Å². The van der Waals surface area contributed by atoms with Crippen molar-refractivity contribution in [1.29, 1.82) is 0 Å². The Hall–Kier alpha value is -4.61. The predicted molar refractivity (Wildman–Crippen MR) is 160 cm³/mol. The molecule has 1 aliphatic rings. The number of hydrogen-bond acceptors (Lipinski definition) is 8. The van der Waals surface area contributed by atoms with Crippen molar-refractivity contribution in [2.45, 2.75) is 11.8 Å². The topological polar surface area (TPSA) is 120 Å². The van der Waals surface area contributed by atoms with E-state index in [4.69, 9.17) is 18.9 Å². The first-order valence-corrected chi connectivity index (χ1v) is 14.3. The molecule has 0 aromatic heterocycles. The molecule has 1 N–H and O–H groups in total. The predicted octanol–water partition coefficient (Wildman–Crippen LogP) is 4.42. The third-order valence-electron chi connectivity index (χ3n) is 6.52. The van der Waals surface area contributed by atoms with Gasteiger partial charge in [0, 0.05) is 49.0 Å². The average molecular weight is 593 g/mol. The Morgan fingerprint density at radius 1 is 0.738 bits per heavy atom. The fourth-order valence-corrected chi connectivity index (χ4v) is 5.86. The number of ketones is 1. The van der Waals surface area contributed by atoms with Crippen LogP contribution in [-0.2, 0) is 19.6 Å². The van der Waals surface area contributed by atoms with Gasteiger partial charge in [-0.25, -0.2) is 8.42 Å². The highest BCUT2D eigenvalue weighted by Gasteiger charge is 2.34. The molecular formula is C31H32N2O8S. The molecule has 1 heterocycles. The minimum absolute atomic E-state index is 0.0238. The number of sulfonamides is 1. The third-order valence-corrected chi connectivity index (χ3v) is 8.32. The van der Waals surface area contributed by atoms with E-state index in [0.717, 1.165) is 0 Å². The summed E-state index contributed by atoms with van der Waals surface area (Å²) < 4.78 is 50.3. The van der Waals surface area contributed by atoms with E-state index in [1.807, 2.05) is 0 Å². The maximum atomic E-state index is 13.8. The van der Waals surface area contributed by atoms with E-state index >= 15 is 0 Å². The molecule has 1 amide bonds. The molecule has 1 aliphatic heterocycles. The maximum Gasteiger partial charge on any atom is 0.243 e. The second-order valence-electron chi connectivity index (χ2n) is 9.44. The van der Waals surface area contributed by atoms with Crippen molar-refractivity contribution in [2.75, 3.05) is 46.8 Å². The van der Waals surface area contributed by atoms with Gasteiger partial charge in [-0.1, -0.05) is 0 Å². The van der Waals surface area contributed by atoms with Crippen LogP contribution in [0.5, 0.6) is 23.0 Å². The number of Topliss-reactive ketones (excluding diaryl/α,β-unsaturated/α-hetero) is 1. The monoisotopic (exact) mass is 592 g/mol. The Morgan fingerprint density at radius 2 is 1.14 bits per heavy atom. The minimum atomic E-state index is -4.04. The van der Waals surface area contributed by atoms with Crippen molar-refractivity contribution in [3.05, 3.63) is 82.9 Å². The first kappa shape index (κ1) is 30.4. The standard InChI is InChI=1S/C31H32N2O8S/c1-20(34)32-25-6-8-30(9-7-25)42(36,37)33-18-23(10-21-12-26(38-2)16-27(13-21)39-3)31(35)24(19-33)11-22-14-28(40-4)17-29(15-22)41-5/h6-17H,18-19H2,1-5H3,(H,32,34). The number of nitrogens with zero attached hydrogens (tertiary/aromatic N) is 1. The van der Waals surface area contributed by atoms with Crippen LogP contribution in [0.15, 0.2) is 76.7 Å². The van der Waals surface area contributed by atoms with Crippen molar-refractivity contribution in [3.8, 4) is 23.0 Å². The zero-order valence-electron chi connectivity index (χ0n) is 24.0. The lowest BCUT2D eigenvalue weighted by atomic mass is 9.95. The Labute approximate surface area is 245 Å². The number of hydrogen-bond donors (Lipinski definition) is 1. The lowest BCUT2D eigenvalue weighted by Crippen LogP contribution is -2.41. The Balaban J connectivity index is 1.81. The van der Waals surface area contributed by atoms with Crippen LogP contribution in [0.3, 0.4) is 0 Å². The zero-order chi connectivity index (χ0) is 30.4. The molecule has 4 rings (SSSR count). The highest BCUT2D eigenvalue weighted by atomic mass is 32.2. The number of carbonyl (C=O) groups is 2.